The van der Waals surface area contributed by atoms with Gasteiger partial charge in [0.2, 0.25) is 5.91 Å². The van der Waals surface area contributed by atoms with Crippen LogP contribution in [0.3, 0.4) is 0 Å². The molecule has 178 valence electrons. The van der Waals surface area contributed by atoms with Gasteiger partial charge in [-0.15, -0.1) is 0 Å². The SMILES string of the molecule is CCC1(C)C(=O)N(c2c(F)c(OC)cc(OC)c2F)Cc2cnc(-c3cc(N)cnc3C)cc21. The van der Waals surface area contributed by atoms with E-state index in [1.54, 1.807) is 25.4 Å². The van der Waals surface area contributed by atoms with Gasteiger partial charge in [-0.05, 0) is 43.5 Å². The van der Waals surface area contributed by atoms with Crippen molar-refractivity contribution < 1.29 is 23.0 Å². The zero-order valence-electron chi connectivity index (χ0n) is 19.7. The minimum atomic E-state index is -1.05. The number of amides is 1. The topological polar surface area (TPSA) is 90.6 Å². The van der Waals surface area contributed by atoms with Gasteiger partial charge >= 0.3 is 0 Å². The summed E-state index contributed by atoms with van der Waals surface area (Å²) in [5, 5.41) is 0. The molecule has 2 aromatic heterocycles. The van der Waals surface area contributed by atoms with Crippen LogP contribution in [0.1, 0.15) is 37.1 Å². The van der Waals surface area contributed by atoms with Crippen molar-refractivity contribution in [3.05, 3.63) is 59.0 Å². The average Bonchev–Trinajstić information content (AvgIpc) is 2.83. The van der Waals surface area contributed by atoms with Gasteiger partial charge in [-0.25, -0.2) is 8.78 Å². The first-order chi connectivity index (χ1) is 16.2. The standard InChI is InChI=1S/C25H26F2N4O3/c1-6-25(3)17-8-18(16-7-15(28)11-29-13(16)2)30-10-14(17)12-31(24(25)32)23-21(26)19(33-4)9-20(34-5)22(23)27/h7-11H,6,12,28H2,1-5H3. The number of rotatable bonds is 5. The van der Waals surface area contributed by atoms with Crippen LogP contribution in [0.5, 0.6) is 11.5 Å². The fraction of sp³-hybridized carbons (Fsp3) is 0.320. The monoisotopic (exact) mass is 468 g/mol. The summed E-state index contributed by atoms with van der Waals surface area (Å²) in [7, 11) is 2.53. The molecule has 3 aromatic rings. The molecule has 1 unspecified atom stereocenters. The summed E-state index contributed by atoms with van der Waals surface area (Å²) in [5.41, 5.74) is 8.41. The van der Waals surface area contributed by atoms with Crippen LogP contribution in [0.25, 0.3) is 11.3 Å². The number of ether oxygens (including phenoxy) is 2. The van der Waals surface area contributed by atoms with Gasteiger partial charge in [-0.1, -0.05) is 6.92 Å². The van der Waals surface area contributed by atoms with E-state index in [0.29, 0.717) is 23.4 Å². The van der Waals surface area contributed by atoms with Gasteiger partial charge in [0, 0.05) is 23.5 Å². The maximum atomic E-state index is 15.3. The zero-order chi connectivity index (χ0) is 24.8. The average molecular weight is 469 g/mol. The van der Waals surface area contributed by atoms with Gasteiger partial charge in [0.05, 0.1) is 43.8 Å². The summed E-state index contributed by atoms with van der Waals surface area (Å²) in [6.07, 6.45) is 3.60. The molecule has 34 heavy (non-hydrogen) atoms. The highest BCUT2D eigenvalue weighted by molar-refractivity contribution is 6.03. The van der Waals surface area contributed by atoms with Crippen LogP contribution in [0, 0.1) is 18.6 Å². The minimum absolute atomic E-state index is 0.0602. The Morgan fingerprint density at radius 1 is 1.09 bits per heavy atom. The molecule has 0 fully saturated rings. The molecule has 1 aliphatic heterocycles. The van der Waals surface area contributed by atoms with E-state index in [1.165, 1.54) is 14.2 Å². The maximum absolute atomic E-state index is 15.3. The van der Waals surface area contributed by atoms with E-state index in [9.17, 15) is 4.79 Å². The predicted molar refractivity (Wildman–Crippen MR) is 125 cm³/mol. The highest BCUT2D eigenvalue weighted by atomic mass is 19.1. The van der Waals surface area contributed by atoms with Gasteiger partial charge in [0.15, 0.2) is 23.1 Å². The molecule has 1 atom stereocenters. The number of fused-ring (bicyclic) bond motifs is 1. The normalized spacial score (nSPS) is 17.5. The fourth-order valence-electron chi connectivity index (χ4n) is 4.37. The Morgan fingerprint density at radius 3 is 2.32 bits per heavy atom. The second-order valence-corrected chi connectivity index (χ2v) is 8.46. The van der Waals surface area contributed by atoms with E-state index in [-0.39, 0.29) is 18.0 Å². The first kappa shape index (κ1) is 23.4. The van der Waals surface area contributed by atoms with Crippen LogP contribution in [0.4, 0.5) is 20.2 Å². The molecule has 0 saturated heterocycles. The van der Waals surface area contributed by atoms with Crippen LogP contribution < -0.4 is 20.1 Å². The van der Waals surface area contributed by atoms with Crippen molar-refractivity contribution in [2.24, 2.45) is 0 Å². The Labute approximate surface area is 196 Å². The number of nitrogen functional groups attached to an aromatic ring is 1. The molecule has 7 nitrogen and oxygen atoms in total. The predicted octanol–water partition coefficient (Wildman–Crippen LogP) is 4.54. The maximum Gasteiger partial charge on any atom is 0.237 e. The van der Waals surface area contributed by atoms with Crippen molar-refractivity contribution in [3.8, 4) is 22.8 Å². The number of hydrogen-bond acceptors (Lipinski definition) is 6. The Balaban J connectivity index is 1.90. The summed E-state index contributed by atoms with van der Waals surface area (Å²) in [6.45, 7) is 5.41. The molecule has 4 rings (SSSR count). The van der Waals surface area contributed by atoms with Crippen molar-refractivity contribution in [2.45, 2.75) is 39.2 Å². The summed E-state index contributed by atoms with van der Waals surface area (Å²) >= 11 is 0. The molecule has 1 aromatic carbocycles. The van der Waals surface area contributed by atoms with E-state index in [1.807, 2.05) is 19.9 Å². The Bertz CT molecular complexity index is 1270. The first-order valence-corrected chi connectivity index (χ1v) is 10.8. The Morgan fingerprint density at radius 2 is 1.74 bits per heavy atom. The second kappa shape index (κ2) is 8.55. The largest absolute Gasteiger partial charge is 0.493 e. The number of anilines is 2. The lowest BCUT2D eigenvalue weighted by atomic mass is 9.74. The number of aromatic nitrogens is 2. The summed E-state index contributed by atoms with van der Waals surface area (Å²) in [6, 6.07) is 4.74. The molecule has 2 N–H and O–H groups in total. The molecule has 0 radical (unpaired) electrons. The third-order valence-electron chi connectivity index (χ3n) is 6.54. The first-order valence-electron chi connectivity index (χ1n) is 10.8. The highest BCUT2D eigenvalue weighted by Gasteiger charge is 2.45. The van der Waals surface area contributed by atoms with Crippen molar-refractivity contribution >= 4 is 17.3 Å². The molecular formula is C25H26F2N4O3. The molecule has 0 saturated carbocycles. The molecule has 3 heterocycles. The van der Waals surface area contributed by atoms with Gasteiger partial charge < -0.3 is 20.1 Å². The molecule has 0 bridgehead atoms. The van der Waals surface area contributed by atoms with Crippen molar-refractivity contribution in [1.29, 1.82) is 0 Å². The third kappa shape index (κ3) is 3.52. The summed E-state index contributed by atoms with van der Waals surface area (Å²) in [4.78, 5) is 23.7. The lowest BCUT2D eigenvalue weighted by Gasteiger charge is -2.41. The van der Waals surface area contributed by atoms with Crippen LogP contribution in [-0.2, 0) is 16.8 Å². The zero-order valence-corrected chi connectivity index (χ0v) is 19.7. The quantitative estimate of drug-likeness (QED) is 0.591. The fourth-order valence-corrected chi connectivity index (χ4v) is 4.37. The summed E-state index contributed by atoms with van der Waals surface area (Å²) < 4.78 is 40.6. The number of aryl methyl sites for hydroxylation is 1. The van der Waals surface area contributed by atoms with Crippen molar-refractivity contribution in [1.82, 2.24) is 9.97 Å². The summed E-state index contributed by atoms with van der Waals surface area (Å²) in [5.74, 6) is -2.81. The van der Waals surface area contributed by atoms with Crippen molar-refractivity contribution in [3.63, 3.8) is 0 Å². The number of benzene rings is 1. The molecule has 1 aliphatic rings. The molecular weight excluding hydrogens is 442 g/mol. The van der Waals surface area contributed by atoms with E-state index >= 15 is 8.78 Å². The van der Waals surface area contributed by atoms with Crippen LogP contribution >= 0.6 is 0 Å². The van der Waals surface area contributed by atoms with Crippen LogP contribution in [0.2, 0.25) is 0 Å². The highest BCUT2D eigenvalue weighted by Crippen LogP contribution is 2.44. The van der Waals surface area contributed by atoms with E-state index in [0.717, 1.165) is 27.8 Å². The van der Waals surface area contributed by atoms with Gasteiger partial charge in [-0.3, -0.25) is 14.8 Å². The van der Waals surface area contributed by atoms with Gasteiger partial charge in [-0.2, -0.15) is 0 Å². The number of hydrogen-bond donors (Lipinski definition) is 1. The van der Waals surface area contributed by atoms with Gasteiger partial charge in [0.1, 0.15) is 5.69 Å². The molecule has 0 spiro atoms. The lowest BCUT2D eigenvalue weighted by Crippen LogP contribution is -2.50. The molecule has 1 amide bonds. The molecule has 9 heteroatoms. The Kier molecular flexibility index (Phi) is 5.89. The van der Waals surface area contributed by atoms with Gasteiger partial charge in [0.25, 0.3) is 0 Å². The Hall–Kier alpha value is -3.75. The number of carbonyl (C=O) groups is 1. The van der Waals surface area contributed by atoms with E-state index in [2.05, 4.69) is 9.97 Å². The third-order valence-corrected chi connectivity index (χ3v) is 6.54. The number of methoxy groups -OCH3 is 2. The lowest BCUT2D eigenvalue weighted by molar-refractivity contribution is -0.124. The number of carbonyl (C=O) groups excluding carboxylic acids is 1. The van der Waals surface area contributed by atoms with Crippen LogP contribution in [-0.4, -0.2) is 30.1 Å². The minimum Gasteiger partial charge on any atom is -0.493 e. The van der Waals surface area contributed by atoms with Crippen LogP contribution in [0.15, 0.2) is 30.6 Å². The van der Waals surface area contributed by atoms with E-state index < -0.39 is 28.6 Å². The number of nitrogens with two attached hydrogens (primary N) is 1. The molecule has 0 aliphatic carbocycles. The second-order valence-electron chi connectivity index (χ2n) is 8.46. The number of nitrogens with zero attached hydrogens (tertiary/aromatic N) is 3. The number of halogens is 2. The van der Waals surface area contributed by atoms with E-state index in [4.69, 9.17) is 15.2 Å². The van der Waals surface area contributed by atoms with Crippen molar-refractivity contribution in [2.75, 3.05) is 24.9 Å². The number of pyridine rings is 2. The smallest absolute Gasteiger partial charge is 0.237 e.